The van der Waals surface area contributed by atoms with Crippen LogP contribution in [0.4, 0.5) is 5.82 Å². The molecule has 42 heavy (non-hydrogen) atoms. The summed E-state index contributed by atoms with van der Waals surface area (Å²) in [4.78, 5) is 27.1. The molecule has 0 bridgehead atoms. The number of hydrogen-bond acceptors (Lipinski definition) is 8. The van der Waals surface area contributed by atoms with Crippen LogP contribution in [-0.4, -0.2) is 103 Å². The first-order valence-electron chi connectivity index (χ1n) is 15.0. The molecule has 10 nitrogen and oxygen atoms in total. The van der Waals surface area contributed by atoms with Crippen LogP contribution in [0, 0.1) is 13.8 Å². The van der Waals surface area contributed by atoms with E-state index in [-0.39, 0.29) is 24.2 Å². The number of sulfonamides is 1. The van der Waals surface area contributed by atoms with Crippen LogP contribution in [0.3, 0.4) is 0 Å². The third-order valence-corrected chi connectivity index (χ3v) is 10.7. The standard InChI is InChI=1S/C30H43ClN6O4S/c1-20-28(30(38)37-17-13-25(14-18-37)36-15-11-24(12-16-36)35(3)42(4,39)40)33-21(2)34-29(20)32-19-26-9-10-27(41-26)22-5-7-23(31)8-6-22/h5-8,24-27H,9-19H2,1-4H3,(H,32,33,34)/t26-,27-/m1/s1. The second-order valence-electron chi connectivity index (χ2n) is 11.9. The predicted octanol–water partition coefficient (Wildman–Crippen LogP) is 4.04. The molecule has 1 aromatic carbocycles. The largest absolute Gasteiger partial charge is 0.368 e. The molecule has 0 spiro atoms. The van der Waals surface area contributed by atoms with E-state index in [9.17, 15) is 13.2 Å². The molecule has 3 saturated heterocycles. The van der Waals surface area contributed by atoms with Gasteiger partial charge in [-0.3, -0.25) is 4.79 Å². The van der Waals surface area contributed by atoms with E-state index in [4.69, 9.17) is 16.3 Å². The number of carbonyl (C=O) groups is 1. The summed E-state index contributed by atoms with van der Waals surface area (Å²) in [6.07, 6.45) is 6.76. The zero-order valence-electron chi connectivity index (χ0n) is 25.1. The average molecular weight is 619 g/mol. The normalized spacial score (nSPS) is 23.0. The van der Waals surface area contributed by atoms with E-state index in [2.05, 4.69) is 20.2 Å². The van der Waals surface area contributed by atoms with Crippen molar-refractivity contribution in [2.24, 2.45) is 0 Å². The Morgan fingerprint density at radius 3 is 2.33 bits per heavy atom. The van der Waals surface area contributed by atoms with Crippen LogP contribution in [0.5, 0.6) is 0 Å². The third kappa shape index (κ3) is 7.24. The Kier molecular flexibility index (Phi) is 9.73. The Hall–Kier alpha value is -2.31. The highest BCUT2D eigenvalue weighted by Gasteiger charge is 2.33. The van der Waals surface area contributed by atoms with Gasteiger partial charge < -0.3 is 19.9 Å². The van der Waals surface area contributed by atoms with Gasteiger partial charge in [0.15, 0.2) is 0 Å². The number of likely N-dealkylation sites (tertiary alicyclic amines) is 2. The lowest BCUT2D eigenvalue weighted by molar-refractivity contribution is 0.0521. The third-order valence-electron chi connectivity index (χ3n) is 9.11. The van der Waals surface area contributed by atoms with Crippen molar-refractivity contribution in [1.82, 2.24) is 24.1 Å². The molecule has 3 aliphatic heterocycles. The Labute approximate surface area is 254 Å². The molecule has 230 valence electrons. The number of aryl methyl sites for hydroxylation is 1. The lowest BCUT2D eigenvalue weighted by atomic mass is 9.97. The molecule has 4 heterocycles. The Balaban J connectivity index is 1.13. The van der Waals surface area contributed by atoms with Crippen molar-refractivity contribution in [1.29, 1.82) is 0 Å². The first kappa shape index (κ1) is 31.1. The molecule has 1 N–H and O–H groups in total. The van der Waals surface area contributed by atoms with Crippen molar-refractivity contribution in [3.8, 4) is 0 Å². The topological polar surface area (TPSA) is 108 Å². The SMILES string of the molecule is Cc1nc(NC[C@H]2CC[C@H](c3ccc(Cl)cc3)O2)c(C)c(C(=O)N2CCC(N3CCC(N(C)S(C)(=O)=O)CC3)CC2)n1. The molecule has 3 aliphatic rings. The number of anilines is 1. The maximum absolute atomic E-state index is 13.6. The quantitative estimate of drug-likeness (QED) is 0.472. The van der Waals surface area contributed by atoms with Gasteiger partial charge in [-0.05, 0) is 83.2 Å². The Bertz CT molecular complexity index is 1360. The van der Waals surface area contributed by atoms with E-state index >= 15 is 0 Å². The van der Waals surface area contributed by atoms with Crippen LogP contribution in [0.15, 0.2) is 24.3 Å². The van der Waals surface area contributed by atoms with Crippen molar-refractivity contribution >= 4 is 33.3 Å². The number of halogens is 1. The molecule has 0 aliphatic carbocycles. The number of nitrogens with zero attached hydrogens (tertiary/aromatic N) is 5. The van der Waals surface area contributed by atoms with Crippen LogP contribution < -0.4 is 5.32 Å². The van der Waals surface area contributed by atoms with Gasteiger partial charge in [0.05, 0.1) is 18.5 Å². The number of nitrogens with one attached hydrogen (secondary N) is 1. The zero-order chi connectivity index (χ0) is 30.0. The average Bonchev–Trinajstić information content (AvgIpc) is 3.46. The molecular weight excluding hydrogens is 576 g/mol. The monoisotopic (exact) mass is 618 g/mol. The lowest BCUT2D eigenvalue weighted by Gasteiger charge is -2.43. The van der Waals surface area contributed by atoms with E-state index < -0.39 is 10.0 Å². The summed E-state index contributed by atoms with van der Waals surface area (Å²) in [5, 5.41) is 4.15. The summed E-state index contributed by atoms with van der Waals surface area (Å²) in [5.41, 5.74) is 2.35. The lowest BCUT2D eigenvalue weighted by Crippen LogP contribution is -2.52. The first-order chi connectivity index (χ1) is 20.0. The van der Waals surface area contributed by atoms with Gasteiger partial charge in [-0.15, -0.1) is 0 Å². The summed E-state index contributed by atoms with van der Waals surface area (Å²) in [5.74, 6) is 1.20. The minimum atomic E-state index is -3.17. The van der Waals surface area contributed by atoms with Gasteiger partial charge in [0.25, 0.3) is 5.91 Å². The first-order valence-corrected chi connectivity index (χ1v) is 17.2. The zero-order valence-corrected chi connectivity index (χ0v) is 26.6. The highest BCUT2D eigenvalue weighted by molar-refractivity contribution is 7.88. The Morgan fingerprint density at radius 1 is 1.02 bits per heavy atom. The van der Waals surface area contributed by atoms with Crippen molar-refractivity contribution in [2.45, 2.75) is 76.7 Å². The number of aromatic nitrogens is 2. The summed E-state index contributed by atoms with van der Waals surface area (Å²) < 4.78 is 31.6. The summed E-state index contributed by atoms with van der Waals surface area (Å²) >= 11 is 6.03. The molecule has 0 unspecified atom stereocenters. The maximum atomic E-state index is 13.6. The van der Waals surface area contributed by atoms with E-state index in [1.807, 2.05) is 43.0 Å². The van der Waals surface area contributed by atoms with E-state index in [0.29, 0.717) is 43.0 Å². The van der Waals surface area contributed by atoms with E-state index in [0.717, 1.165) is 67.8 Å². The highest BCUT2D eigenvalue weighted by atomic mass is 35.5. The van der Waals surface area contributed by atoms with Gasteiger partial charge in [-0.1, -0.05) is 23.7 Å². The minimum absolute atomic E-state index is 0.0482. The predicted molar refractivity (Wildman–Crippen MR) is 164 cm³/mol. The maximum Gasteiger partial charge on any atom is 0.272 e. The van der Waals surface area contributed by atoms with Gasteiger partial charge in [0, 0.05) is 49.4 Å². The summed E-state index contributed by atoms with van der Waals surface area (Å²) in [6.45, 7) is 7.46. The summed E-state index contributed by atoms with van der Waals surface area (Å²) in [7, 11) is -1.50. The Morgan fingerprint density at radius 2 is 1.69 bits per heavy atom. The van der Waals surface area contributed by atoms with Crippen molar-refractivity contribution in [3.63, 3.8) is 0 Å². The molecule has 12 heteroatoms. The number of ether oxygens (including phenoxy) is 1. The fraction of sp³-hybridized carbons (Fsp3) is 0.633. The number of amides is 1. The number of carbonyl (C=O) groups excluding carboxylic acids is 1. The second-order valence-corrected chi connectivity index (χ2v) is 14.4. The van der Waals surface area contributed by atoms with E-state index in [1.165, 1.54) is 10.6 Å². The molecule has 1 aromatic heterocycles. The van der Waals surface area contributed by atoms with Crippen LogP contribution >= 0.6 is 11.6 Å². The molecule has 1 amide bonds. The summed E-state index contributed by atoms with van der Waals surface area (Å²) in [6, 6.07) is 8.30. The fourth-order valence-corrected chi connectivity index (χ4v) is 7.35. The van der Waals surface area contributed by atoms with Crippen LogP contribution in [0.2, 0.25) is 5.02 Å². The molecule has 0 radical (unpaired) electrons. The van der Waals surface area contributed by atoms with Gasteiger partial charge in [-0.2, -0.15) is 0 Å². The van der Waals surface area contributed by atoms with Crippen LogP contribution in [0.25, 0.3) is 0 Å². The van der Waals surface area contributed by atoms with Crippen molar-refractivity contribution in [2.75, 3.05) is 51.3 Å². The molecular formula is C30H43ClN6O4S. The van der Waals surface area contributed by atoms with Crippen molar-refractivity contribution in [3.05, 3.63) is 51.9 Å². The fourth-order valence-electron chi connectivity index (χ4n) is 6.47. The highest BCUT2D eigenvalue weighted by Crippen LogP contribution is 2.33. The minimum Gasteiger partial charge on any atom is -0.368 e. The molecule has 2 atom stereocenters. The van der Waals surface area contributed by atoms with Crippen LogP contribution in [-0.2, 0) is 14.8 Å². The number of hydrogen-bond donors (Lipinski definition) is 1. The van der Waals surface area contributed by atoms with Gasteiger partial charge in [-0.25, -0.2) is 22.7 Å². The van der Waals surface area contributed by atoms with Gasteiger partial charge in [0.2, 0.25) is 10.0 Å². The van der Waals surface area contributed by atoms with Gasteiger partial charge in [0.1, 0.15) is 17.3 Å². The van der Waals surface area contributed by atoms with Crippen molar-refractivity contribution < 1.29 is 17.9 Å². The second kappa shape index (κ2) is 13.1. The molecule has 2 aromatic rings. The number of piperidine rings is 2. The van der Waals surface area contributed by atoms with E-state index in [1.54, 1.807) is 7.05 Å². The molecule has 3 fully saturated rings. The van der Waals surface area contributed by atoms with Crippen LogP contribution in [0.1, 0.15) is 72.1 Å². The van der Waals surface area contributed by atoms with Gasteiger partial charge >= 0.3 is 0 Å². The number of benzene rings is 1. The smallest absolute Gasteiger partial charge is 0.272 e. The molecule has 5 rings (SSSR count). The molecule has 0 saturated carbocycles. The number of rotatable bonds is 8.